The quantitative estimate of drug-likeness (QED) is 0.729. The highest BCUT2D eigenvalue weighted by molar-refractivity contribution is 8.02. The molecule has 0 saturated heterocycles. The number of thioether (sulfide) groups is 1. The first-order valence-electron chi connectivity index (χ1n) is 7.09. The second kappa shape index (κ2) is 5.72. The molecule has 1 amide bonds. The lowest BCUT2D eigenvalue weighted by Gasteiger charge is -2.13. The number of hydrogen-bond donors (Lipinski definition) is 2. The molecule has 2 N–H and O–H groups in total. The molecule has 4 rings (SSSR count). The number of nitrogens with zero attached hydrogens (tertiary/aromatic N) is 1. The van der Waals surface area contributed by atoms with E-state index in [2.05, 4.69) is 22.2 Å². The first-order chi connectivity index (χ1) is 11.2. The molecule has 0 spiro atoms. The summed E-state index contributed by atoms with van der Waals surface area (Å²) >= 11 is 3.01. The summed E-state index contributed by atoms with van der Waals surface area (Å²) in [6.45, 7) is 4.04. The Hall–Kier alpha value is -2.31. The standard InChI is InChI=1S/C17H13N3OS2/c1-10-15(16(21)19-12-7-3-2-6-11(12)18-10)23-17-20-13-8-4-5-9-14(13)22-17/h2-9,15,18H,1H2,(H,19,21)/t15-/m0/s1. The molecule has 2 aromatic carbocycles. The Bertz CT molecular complexity index is 849. The summed E-state index contributed by atoms with van der Waals surface area (Å²) < 4.78 is 1.98. The van der Waals surface area contributed by atoms with Gasteiger partial charge in [0, 0.05) is 5.70 Å². The van der Waals surface area contributed by atoms with Gasteiger partial charge in [-0.25, -0.2) is 4.98 Å². The molecule has 0 saturated carbocycles. The van der Waals surface area contributed by atoms with Gasteiger partial charge in [-0.15, -0.1) is 11.3 Å². The topological polar surface area (TPSA) is 54.0 Å². The van der Waals surface area contributed by atoms with E-state index in [1.807, 2.05) is 48.5 Å². The molecule has 1 aliphatic heterocycles. The highest BCUT2D eigenvalue weighted by atomic mass is 32.2. The first-order valence-corrected chi connectivity index (χ1v) is 8.78. The molecule has 0 fully saturated rings. The number of thiazole rings is 1. The van der Waals surface area contributed by atoms with Gasteiger partial charge in [-0.3, -0.25) is 4.79 Å². The fourth-order valence-corrected chi connectivity index (χ4v) is 4.59. The van der Waals surface area contributed by atoms with Crippen molar-refractivity contribution in [3.05, 3.63) is 60.8 Å². The van der Waals surface area contributed by atoms with E-state index in [-0.39, 0.29) is 5.91 Å². The van der Waals surface area contributed by atoms with Gasteiger partial charge in [0.05, 0.1) is 21.6 Å². The van der Waals surface area contributed by atoms with Crippen LogP contribution in [0.15, 0.2) is 65.1 Å². The molecule has 0 aliphatic carbocycles. The van der Waals surface area contributed by atoms with Crippen LogP contribution in [0.1, 0.15) is 0 Å². The fourth-order valence-electron chi connectivity index (χ4n) is 2.42. The molecule has 3 aromatic rings. The number of fused-ring (bicyclic) bond motifs is 2. The Labute approximate surface area is 141 Å². The molecule has 0 radical (unpaired) electrons. The molecule has 1 atom stereocenters. The summed E-state index contributed by atoms with van der Waals surface area (Å²) in [5, 5.41) is 5.76. The number of benzene rings is 2. The zero-order valence-corrected chi connectivity index (χ0v) is 13.7. The van der Waals surface area contributed by atoms with Crippen molar-refractivity contribution in [1.29, 1.82) is 0 Å². The third-order valence-electron chi connectivity index (χ3n) is 3.53. The summed E-state index contributed by atoms with van der Waals surface area (Å²) in [6, 6.07) is 15.6. The van der Waals surface area contributed by atoms with E-state index < -0.39 is 5.25 Å². The molecule has 2 heterocycles. The second-order valence-electron chi connectivity index (χ2n) is 5.13. The number of carbonyl (C=O) groups excluding carboxylic acids is 1. The number of aromatic nitrogens is 1. The molecule has 0 unspecified atom stereocenters. The highest BCUT2D eigenvalue weighted by Crippen LogP contribution is 2.37. The van der Waals surface area contributed by atoms with Gasteiger partial charge in [0.2, 0.25) is 5.91 Å². The first kappa shape index (κ1) is 14.3. The minimum absolute atomic E-state index is 0.0864. The van der Waals surface area contributed by atoms with Crippen LogP contribution in [0.25, 0.3) is 10.2 Å². The van der Waals surface area contributed by atoms with Crippen molar-refractivity contribution in [2.75, 3.05) is 10.6 Å². The van der Waals surface area contributed by atoms with Gasteiger partial charge in [0.25, 0.3) is 0 Å². The smallest absolute Gasteiger partial charge is 0.244 e. The molecule has 6 heteroatoms. The Kier molecular flexibility index (Phi) is 3.55. The van der Waals surface area contributed by atoms with E-state index in [4.69, 9.17) is 0 Å². The maximum absolute atomic E-state index is 12.6. The highest BCUT2D eigenvalue weighted by Gasteiger charge is 2.28. The van der Waals surface area contributed by atoms with Crippen molar-refractivity contribution < 1.29 is 4.79 Å². The molecule has 1 aromatic heterocycles. The summed E-state index contributed by atoms with van der Waals surface area (Å²) in [7, 11) is 0. The molecular weight excluding hydrogens is 326 g/mol. The number of carbonyl (C=O) groups is 1. The number of amides is 1. The largest absolute Gasteiger partial charge is 0.356 e. The molecular formula is C17H13N3OS2. The van der Waals surface area contributed by atoms with Gasteiger partial charge in [-0.2, -0.15) is 0 Å². The average Bonchev–Trinajstić information content (AvgIpc) is 2.91. The molecule has 1 aliphatic rings. The Morgan fingerprint density at radius 2 is 1.74 bits per heavy atom. The van der Waals surface area contributed by atoms with E-state index in [0.717, 1.165) is 25.9 Å². The number of nitrogens with one attached hydrogen (secondary N) is 2. The Morgan fingerprint density at radius 3 is 2.52 bits per heavy atom. The number of rotatable bonds is 2. The minimum atomic E-state index is -0.428. The summed E-state index contributed by atoms with van der Waals surface area (Å²) in [5.74, 6) is -0.0864. The summed E-state index contributed by atoms with van der Waals surface area (Å²) in [4.78, 5) is 17.1. The van der Waals surface area contributed by atoms with Crippen LogP contribution < -0.4 is 10.6 Å². The van der Waals surface area contributed by atoms with Gasteiger partial charge in [0.1, 0.15) is 5.25 Å². The van der Waals surface area contributed by atoms with Crippen LogP contribution in [0, 0.1) is 0 Å². The summed E-state index contributed by atoms with van der Waals surface area (Å²) in [5.41, 5.74) is 3.25. The van der Waals surface area contributed by atoms with Crippen molar-refractivity contribution in [2.24, 2.45) is 0 Å². The monoisotopic (exact) mass is 339 g/mol. The van der Waals surface area contributed by atoms with Crippen molar-refractivity contribution >= 4 is 50.6 Å². The molecule has 114 valence electrons. The predicted octanol–water partition coefficient (Wildman–Crippen LogP) is 4.33. The molecule has 23 heavy (non-hydrogen) atoms. The molecule has 4 nitrogen and oxygen atoms in total. The zero-order chi connectivity index (χ0) is 15.8. The number of anilines is 2. The minimum Gasteiger partial charge on any atom is -0.356 e. The van der Waals surface area contributed by atoms with Gasteiger partial charge in [-0.05, 0) is 24.3 Å². The van der Waals surface area contributed by atoms with Crippen molar-refractivity contribution in [3.8, 4) is 0 Å². The fraction of sp³-hybridized carbons (Fsp3) is 0.0588. The van der Waals surface area contributed by atoms with E-state index >= 15 is 0 Å². The number of para-hydroxylation sites is 3. The van der Waals surface area contributed by atoms with Crippen LogP contribution in [-0.4, -0.2) is 16.1 Å². The lowest BCUT2D eigenvalue weighted by atomic mass is 10.2. The number of hydrogen-bond acceptors (Lipinski definition) is 5. The third-order valence-corrected chi connectivity index (χ3v) is 5.92. The van der Waals surface area contributed by atoms with Crippen LogP contribution in [0.2, 0.25) is 0 Å². The SMILES string of the molecule is C=C1Nc2ccccc2NC(=O)[C@H]1Sc1nc2ccccc2s1. The summed E-state index contributed by atoms with van der Waals surface area (Å²) in [6.07, 6.45) is 0. The average molecular weight is 339 g/mol. The van der Waals surface area contributed by atoms with Gasteiger partial charge >= 0.3 is 0 Å². The lowest BCUT2D eigenvalue weighted by molar-refractivity contribution is -0.115. The zero-order valence-electron chi connectivity index (χ0n) is 12.1. The van der Waals surface area contributed by atoms with Crippen molar-refractivity contribution in [3.63, 3.8) is 0 Å². The second-order valence-corrected chi connectivity index (χ2v) is 7.51. The van der Waals surface area contributed by atoms with Crippen LogP contribution in [0.3, 0.4) is 0 Å². The van der Waals surface area contributed by atoms with Gasteiger partial charge < -0.3 is 10.6 Å². The molecule has 0 bridgehead atoms. The maximum Gasteiger partial charge on any atom is 0.244 e. The van der Waals surface area contributed by atoms with E-state index in [1.165, 1.54) is 11.8 Å². The van der Waals surface area contributed by atoms with Crippen LogP contribution in [-0.2, 0) is 4.79 Å². The van der Waals surface area contributed by atoms with Gasteiger partial charge in [-0.1, -0.05) is 42.6 Å². The van der Waals surface area contributed by atoms with E-state index in [0.29, 0.717) is 5.70 Å². The normalized spacial score (nSPS) is 17.3. The van der Waals surface area contributed by atoms with Crippen LogP contribution >= 0.6 is 23.1 Å². The van der Waals surface area contributed by atoms with E-state index in [9.17, 15) is 4.79 Å². The van der Waals surface area contributed by atoms with Crippen molar-refractivity contribution in [2.45, 2.75) is 9.59 Å². The van der Waals surface area contributed by atoms with Crippen LogP contribution in [0.4, 0.5) is 11.4 Å². The van der Waals surface area contributed by atoms with Crippen molar-refractivity contribution in [1.82, 2.24) is 4.98 Å². The van der Waals surface area contributed by atoms with E-state index in [1.54, 1.807) is 11.3 Å². The van der Waals surface area contributed by atoms with Gasteiger partial charge in [0.15, 0.2) is 4.34 Å². The lowest BCUT2D eigenvalue weighted by Crippen LogP contribution is -2.26. The Morgan fingerprint density at radius 1 is 1.04 bits per heavy atom. The predicted molar refractivity (Wildman–Crippen MR) is 97.1 cm³/mol. The Balaban J connectivity index is 1.63. The maximum atomic E-state index is 12.6. The van der Waals surface area contributed by atoms with Crippen LogP contribution in [0.5, 0.6) is 0 Å². The third kappa shape index (κ3) is 2.71.